The van der Waals surface area contributed by atoms with Crippen molar-refractivity contribution in [3.05, 3.63) is 18.2 Å². The highest BCUT2D eigenvalue weighted by atomic mass is 16.5. The van der Waals surface area contributed by atoms with Gasteiger partial charge < -0.3 is 25.3 Å². The van der Waals surface area contributed by atoms with E-state index < -0.39 is 0 Å². The van der Waals surface area contributed by atoms with Crippen LogP contribution in [0.15, 0.2) is 23.2 Å². The van der Waals surface area contributed by atoms with Crippen molar-refractivity contribution in [2.24, 2.45) is 16.6 Å². The Labute approximate surface area is 131 Å². The highest BCUT2D eigenvalue weighted by molar-refractivity contribution is 5.92. The summed E-state index contributed by atoms with van der Waals surface area (Å²) in [7, 11) is 0. The number of fused-ring (bicyclic) bond motifs is 1. The van der Waals surface area contributed by atoms with Gasteiger partial charge in [0.1, 0.15) is 0 Å². The Kier molecular flexibility index (Phi) is 6.33. The van der Waals surface area contributed by atoms with E-state index in [1.165, 1.54) is 0 Å². The third kappa shape index (κ3) is 5.44. The first-order valence-corrected chi connectivity index (χ1v) is 7.69. The molecule has 0 aromatic heterocycles. The monoisotopic (exact) mass is 307 g/mol. The molecule has 6 heteroatoms. The number of nitrogens with zero attached hydrogens (tertiary/aromatic N) is 1. The van der Waals surface area contributed by atoms with Crippen molar-refractivity contribution in [3.63, 3.8) is 0 Å². The fourth-order valence-corrected chi connectivity index (χ4v) is 1.98. The van der Waals surface area contributed by atoms with E-state index in [0.29, 0.717) is 38.2 Å². The minimum absolute atomic E-state index is 0.364. The molecule has 6 nitrogen and oxygen atoms in total. The summed E-state index contributed by atoms with van der Waals surface area (Å²) in [5.74, 6) is 2.39. The van der Waals surface area contributed by atoms with Gasteiger partial charge in [-0.05, 0) is 18.1 Å². The van der Waals surface area contributed by atoms with Crippen molar-refractivity contribution in [1.82, 2.24) is 0 Å². The van der Waals surface area contributed by atoms with Crippen LogP contribution in [0.1, 0.15) is 20.3 Å². The summed E-state index contributed by atoms with van der Waals surface area (Å²) < 4.78 is 16.7. The number of rotatable bonds is 6. The van der Waals surface area contributed by atoms with Crippen molar-refractivity contribution in [3.8, 4) is 11.5 Å². The average Bonchev–Trinajstić information content (AvgIpc) is 2.71. The molecule has 0 saturated heterocycles. The number of aliphatic imine (C=N–C) groups is 1. The SMILES string of the molecule is CC(C)COCCN=C(N)Nc1ccc2c(c1)OCCCO2. The Morgan fingerprint density at radius 1 is 1.32 bits per heavy atom. The van der Waals surface area contributed by atoms with Crippen LogP contribution in [0, 0.1) is 5.92 Å². The smallest absolute Gasteiger partial charge is 0.193 e. The highest BCUT2D eigenvalue weighted by Crippen LogP contribution is 2.32. The molecule has 0 aliphatic carbocycles. The number of nitrogens with two attached hydrogens (primary N) is 1. The van der Waals surface area contributed by atoms with E-state index in [1.54, 1.807) is 0 Å². The lowest BCUT2D eigenvalue weighted by Gasteiger charge is -2.11. The van der Waals surface area contributed by atoms with Gasteiger partial charge in [0.25, 0.3) is 0 Å². The normalized spacial score (nSPS) is 14.8. The first-order chi connectivity index (χ1) is 10.6. The Morgan fingerprint density at radius 3 is 2.86 bits per heavy atom. The maximum absolute atomic E-state index is 5.87. The molecule has 2 rings (SSSR count). The van der Waals surface area contributed by atoms with Gasteiger partial charge in [-0.1, -0.05) is 13.8 Å². The van der Waals surface area contributed by atoms with Gasteiger partial charge in [-0.2, -0.15) is 0 Å². The van der Waals surface area contributed by atoms with Crippen LogP contribution in [0.2, 0.25) is 0 Å². The molecule has 1 aliphatic rings. The average molecular weight is 307 g/mol. The number of hydrogen-bond donors (Lipinski definition) is 2. The van der Waals surface area contributed by atoms with E-state index in [2.05, 4.69) is 24.2 Å². The van der Waals surface area contributed by atoms with Crippen molar-refractivity contribution < 1.29 is 14.2 Å². The molecule has 1 aliphatic heterocycles. The third-order valence-electron chi connectivity index (χ3n) is 2.99. The summed E-state index contributed by atoms with van der Waals surface area (Å²) in [4.78, 5) is 4.23. The number of ether oxygens (including phenoxy) is 3. The first-order valence-electron chi connectivity index (χ1n) is 7.69. The van der Waals surface area contributed by atoms with E-state index in [-0.39, 0.29) is 0 Å². The number of hydrogen-bond acceptors (Lipinski definition) is 4. The molecule has 1 aromatic rings. The highest BCUT2D eigenvalue weighted by Gasteiger charge is 2.10. The molecule has 0 spiro atoms. The molecule has 0 saturated carbocycles. The Bertz CT molecular complexity index is 503. The predicted octanol–water partition coefficient (Wildman–Crippen LogP) is 2.25. The van der Waals surface area contributed by atoms with E-state index in [0.717, 1.165) is 30.2 Å². The Hall–Kier alpha value is -1.95. The fraction of sp³-hybridized carbons (Fsp3) is 0.562. The van der Waals surface area contributed by atoms with Gasteiger partial charge in [-0.25, -0.2) is 0 Å². The van der Waals surface area contributed by atoms with Gasteiger partial charge >= 0.3 is 0 Å². The predicted molar refractivity (Wildman–Crippen MR) is 87.8 cm³/mol. The molecule has 3 N–H and O–H groups in total. The van der Waals surface area contributed by atoms with E-state index in [9.17, 15) is 0 Å². The second kappa shape index (κ2) is 8.48. The third-order valence-corrected chi connectivity index (χ3v) is 2.99. The van der Waals surface area contributed by atoms with Crippen LogP contribution in [-0.4, -0.2) is 38.9 Å². The molecule has 1 heterocycles. The van der Waals surface area contributed by atoms with Crippen molar-refractivity contribution in [2.75, 3.05) is 38.3 Å². The van der Waals surface area contributed by atoms with Crippen molar-refractivity contribution in [2.45, 2.75) is 20.3 Å². The zero-order valence-electron chi connectivity index (χ0n) is 13.3. The van der Waals surface area contributed by atoms with Gasteiger partial charge in [-0.15, -0.1) is 0 Å². The Balaban J connectivity index is 1.83. The minimum atomic E-state index is 0.364. The molecule has 0 radical (unpaired) electrons. The molecular weight excluding hydrogens is 282 g/mol. The van der Waals surface area contributed by atoms with Gasteiger partial charge in [0.2, 0.25) is 0 Å². The Morgan fingerprint density at radius 2 is 2.09 bits per heavy atom. The van der Waals surface area contributed by atoms with E-state index >= 15 is 0 Å². The van der Waals surface area contributed by atoms with Crippen molar-refractivity contribution in [1.29, 1.82) is 0 Å². The van der Waals surface area contributed by atoms with Crippen LogP contribution < -0.4 is 20.5 Å². The number of anilines is 1. The minimum Gasteiger partial charge on any atom is -0.490 e. The molecule has 122 valence electrons. The molecule has 0 unspecified atom stereocenters. The second-order valence-electron chi connectivity index (χ2n) is 5.57. The van der Waals surface area contributed by atoms with E-state index in [1.807, 2.05) is 18.2 Å². The largest absolute Gasteiger partial charge is 0.490 e. The summed E-state index contributed by atoms with van der Waals surface area (Å²) in [6, 6.07) is 5.64. The van der Waals surface area contributed by atoms with E-state index in [4.69, 9.17) is 19.9 Å². The van der Waals surface area contributed by atoms with Crippen LogP contribution in [0.3, 0.4) is 0 Å². The zero-order valence-corrected chi connectivity index (χ0v) is 13.3. The van der Waals surface area contributed by atoms with Crippen LogP contribution in [-0.2, 0) is 4.74 Å². The molecule has 0 atom stereocenters. The molecule has 22 heavy (non-hydrogen) atoms. The number of guanidine groups is 1. The lowest BCUT2D eigenvalue weighted by atomic mass is 10.2. The maximum atomic E-state index is 5.87. The topological polar surface area (TPSA) is 78.1 Å². The van der Waals surface area contributed by atoms with Gasteiger partial charge in [0, 0.05) is 24.8 Å². The standard InChI is InChI=1S/C16H25N3O3/c1-12(2)11-20-9-6-18-16(17)19-13-4-5-14-15(10-13)22-8-3-7-21-14/h4-5,10,12H,3,6-9,11H2,1-2H3,(H3,17,18,19). The van der Waals surface area contributed by atoms with Gasteiger partial charge in [0.05, 0.1) is 26.4 Å². The summed E-state index contributed by atoms with van der Waals surface area (Å²) in [5.41, 5.74) is 6.69. The molecule has 1 aromatic carbocycles. The van der Waals surface area contributed by atoms with Crippen LogP contribution >= 0.6 is 0 Å². The molecule has 0 amide bonds. The second-order valence-corrected chi connectivity index (χ2v) is 5.57. The summed E-state index contributed by atoms with van der Waals surface area (Å²) in [5, 5.41) is 3.05. The molecule has 0 fully saturated rings. The summed E-state index contributed by atoms with van der Waals surface area (Å²) in [6.07, 6.45) is 0.886. The lowest BCUT2D eigenvalue weighted by molar-refractivity contribution is 0.117. The van der Waals surface area contributed by atoms with Crippen LogP contribution in [0.5, 0.6) is 11.5 Å². The molecular formula is C16H25N3O3. The fourth-order valence-electron chi connectivity index (χ4n) is 1.98. The molecule has 0 bridgehead atoms. The summed E-state index contributed by atoms with van der Waals surface area (Å²) in [6.45, 7) is 7.42. The maximum Gasteiger partial charge on any atom is 0.193 e. The van der Waals surface area contributed by atoms with Gasteiger partial charge in [0.15, 0.2) is 17.5 Å². The van der Waals surface area contributed by atoms with Gasteiger partial charge in [-0.3, -0.25) is 4.99 Å². The number of nitrogens with one attached hydrogen (secondary N) is 1. The summed E-state index contributed by atoms with van der Waals surface area (Å²) >= 11 is 0. The van der Waals surface area contributed by atoms with Crippen LogP contribution in [0.25, 0.3) is 0 Å². The first kappa shape index (κ1) is 16.4. The number of benzene rings is 1. The van der Waals surface area contributed by atoms with Crippen LogP contribution in [0.4, 0.5) is 5.69 Å². The van der Waals surface area contributed by atoms with Crippen molar-refractivity contribution >= 4 is 11.6 Å². The quantitative estimate of drug-likeness (QED) is 0.479. The lowest BCUT2D eigenvalue weighted by Crippen LogP contribution is -2.23. The zero-order chi connectivity index (χ0) is 15.8.